The first kappa shape index (κ1) is 18.5. The summed E-state index contributed by atoms with van der Waals surface area (Å²) in [5.41, 5.74) is 2.70. The van der Waals surface area contributed by atoms with Crippen LogP contribution in [0.3, 0.4) is 0 Å². The molecule has 0 saturated heterocycles. The summed E-state index contributed by atoms with van der Waals surface area (Å²) in [6.07, 6.45) is 0. The van der Waals surface area contributed by atoms with Crippen molar-refractivity contribution in [3.05, 3.63) is 53.6 Å². The van der Waals surface area contributed by atoms with Crippen molar-refractivity contribution in [2.24, 2.45) is 5.14 Å². The van der Waals surface area contributed by atoms with Crippen LogP contribution < -0.4 is 10.5 Å². The summed E-state index contributed by atoms with van der Waals surface area (Å²) in [6.45, 7) is 5.84. The van der Waals surface area contributed by atoms with Gasteiger partial charge in [0.25, 0.3) is 0 Å². The number of sulfonamides is 1. The first-order valence-corrected chi connectivity index (χ1v) is 9.77. The van der Waals surface area contributed by atoms with Crippen molar-refractivity contribution in [3.63, 3.8) is 0 Å². The largest absolute Gasteiger partial charge is 0.325 e. The molecule has 7 heteroatoms. The number of carbonyl (C=O) groups excluding carboxylic acids is 1. The predicted octanol–water partition coefficient (Wildman–Crippen LogP) is 3.07. The topological polar surface area (TPSA) is 89.3 Å². The Morgan fingerprint density at radius 1 is 1.17 bits per heavy atom. The number of rotatable bonds is 5. The maximum absolute atomic E-state index is 12.3. The van der Waals surface area contributed by atoms with Crippen molar-refractivity contribution in [3.8, 4) is 0 Å². The van der Waals surface area contributed by atoms with Crippen LogP contribution in [-0.2, 0) is 14.8 Å². The lowest BCUT2D eigenvalue weighted by molar-refractivity contribution is -0.115. The van der Waals surface area contributed by atoms with Gasteiger partial charge in [0.2, 0.25) is 15.9 Å². The number of amides is 1. The third-order valence-corrected chi connectivity index (χ3v) is 5.62. The zero-order valence-corrected chi connectivity index (χ0v) is 15.4. The number of nitrogens with one attached hydrogen (secondary N) is 1. The summed E-state index contributed by atoms with van der Waals surface area (Å²) in [6, 6.07) is 12.0. The lowest BCUT2D eigenvalue weighted by atomic mass is 10.2. The van der Waals surface area contributed by atoms with E-state index in [1.807, 2.05) is 32.9 Å². The fraction of sp³-hybridized carbons (Fsp3) is 0.235. The minimum Gasteiger partial charge on any atom is -0.325 e. The van der Waals surface area contributed by atoms with Crippen LogP contribution in [0, 0.1) is 13.8 Å². The minimum atomic E-state index is -3.80. The highest BCUT2D eigenvalue weighted by Crippen LogP contribution is 2.28. The molecular weight excluding hydrogens is 344 g/mol. The molecule has 0 aliphatic rings. The molecule has 0 fully saturated rings. The zero-order chi connectivity index (χ0) is 17.9. The molecule has 128 valence electrons. The van der Waals surface area contributed by atoms with Gasteiger partial charge in [-0.15, -0.1) is 11.8 Å². The monoisotopic (exact) mass is 364 g/mol. The van der Waals surface area contributed by atoms with Crippen molar-refractivity contribution in [1.29, 1.82) is 0 Å². The summed E-state index contributed by atoms with van der Waals surface area (Å²) >= 11 is 1.46. The van der Waals surface area contributed by atoms with Gasteiger partial charge in [-0.2, -0.15) is 0 Å². The third kappa shape index (κ3) is 4.83. The number of thioether (sulfide) groups is 1. The van der Waals surface area contributed by atoms with E-state index in [4.69, 9.17) is 5.14 Å². The quantitative estimate of drug-likeness (QED) is 0.798. The van der Waals surface area contributed by atoms with Gasteiger partial charge in [-0.1, -0.05) is 23.8 Å². The van der Waals surface area contributed by atoms with Gasteiger partial charge < -0.3 is 5.32 Å². The summed E-state index contributed by atoms with van der Waals surface area (Å²) < 4.78 is 22.7. The molecule has 0 radical (unpaired) electrons. The van der Waals surface area contributed by atoms with E-state index >= 15 is 0 Å². The molecule has 0 aliphatic carbocycles. The number of anilines is 1. The van der Waals surface area contributed by atoms with Crippen LogP contribution in [0.2, 0.25) is 0 Å². The Hall–Kier alpha value is -1.83. The van der Waals surface area contributed by atoms with Gasteiger partial charge in [0.15, 0.2) is 0 Å². The lowest BCUT2D eigenvalue weighted by Crippen LogP contribution is -2.22. The molecule has 2 aromatic rings. The zero-order valence-electron chi connectivity index (χ0n) is 13.7. The first-order chi connectivity index (χ1) is 11.2. The van der Waals surface area contributed by atoms with Gasteiger partial charge in [-0.25, -0.2) is 13.6 Å². The number of aryl methyl sites for hydroxylation is 2. The summed E-state index contributed by atoms with van der Waals surface area (Å²) in [5, 5.41) is 7.50. The second-order valence-electron chi connectivity index (χ2n) is 5.59. The summed E-state index contributed by atoms with van der Waals surface area (Å²) in [5.74, 6) is -0.202. The maximum atomic E-state index is 12.3. The second-order valence-corrected chi connectivity index (χ2v) is 8.54. The van der Waals surface area contributed by atoms with Crippen LogP contribution in [0.25, 0.3) is 0 Å². The molecule has 24 heavy (non-hydrogen) atoms. The van der Waals surface area contributed by atoms with Crippen LogP contribution >= 0.6 is 11.8 Å². The molecule has 2 aromatic carbocycles. The van der Waals surface area contributed by atoms with Gasteiger partial charge >= 0.3 is 0 Å². The molecule has 0 spiro atoms. The highest BCUT2D eigenvalue weighted by Gasteiger charge is 2.16. The van der Waals surface area contributed by atoms with E-state index in [1.54, 1.807) is 6.07 Å². The predicted molar refractivity (Wildman–Crippen MR) is 97.7 cm³/mol. The molecule has 3 N–H and O–H groups in total. The number of nitrogens with two attached hydrogens (primary N) is 1. The Morgan fingerprint density at radius 2 is 1.88 bits per heavy atom. The highest BCUT2D eigenvalue weighted by atomic mass is 32.2. The van der Waals surface area contributed by atoms with E-state index in [2.05, 4.69) is 11.4 Å². The SMILES string of the molecule is Cc1ccc(SC(C)C(=O)Nc2cccc(S(N)(=O)=O)c2)c(C)c1. The molecule has 0 aromatic heterocycles. The van der Waals surface area contributed by atoms with Crippen LogP contribution in [0.1, 0.15) is 18.1 Å². The minimum absolute atomic E-state index is 0.0324. The summed E-state index contributed by atoms with van der Waals surface area (Å²) in [7, 11) is -3.80. The number of benzene rings is 2. The standard InChI is InChI=1S/C17H20N2O3S2/c1-11-7-8-16(12(2)9-11)23-13(3)17(20)19-14-5-4-6-15(10-14)24(18,21)22/h4-10,13H,1-3H3,(H,19,20)(H2,18,21,22). The average Bonchev–Trinajstić information content (AvgIpc) is 2.49. The fourth-order valence-electron chi connectivity index (χ4n) is 2.17. The Bertz CT molecular complexity index is 864. The molecule has 1 amide bonds. The van der Waals surface area contributed by atoms with Gasteiger partial charge in [0.1, 0.15) is 0 Å². The number of carbonyl (C=O) groups is 1. The van der Waals surface area contributed by atoms with Crippen LogP contribution in [0.5, 0.6) is 0 Å². The number of primary sulfonamides is 1. The highest BCUT2D eigenvalue weighted by molar-refractivity contribution is 8.00. The van der Waals surface area contributed by atoms with Gasteiger partial charge in [-0.3, -0.25) is 4.79 Å². The van der Waals surface area contributed by atoms with E-state index in [0.717, 1.165) is 10.5 Å². The molecule has 5 nitrogen and oxygen atoms in total. The third-order valence-electron chi connectivity index (χ3n) is 3.43. The second kappa shape index (κ2) is 7.38. The van der Waals surface area contributed by atoms with E-state index in [1.165, 1.54) is 35.5 Å². The molecule has 0 saturated carbocycles. The first-order valence-electron chi connectivity index (χ1n) is 7.34. The number of hydrogen-bond acceptors (Lipinski definition) is 4. The van der Waals surface area contributed by atoms with Crippen molar-refractivity contribution in [2.45, 2.75) is 35.8 Å². The molecule has 2 rings (SSSR count). The average molecular weight is 364 g/mol. The van der Waals surface area contributed by atoms with Gasteiger partial charge in [0.05, 0.1) is 10.1 Å². The molecule has 0 heterocycles. The molecule has 0 bridgehead atoms. The number of hydrogen-bond donors (Lipinski definition) is 2. The van der Waals surface area contributed by atoms with Crippen molar-refractivity contribution < 1.29 is 13.2 Å². The molecule has 0 aliphatic heterocycles. The van der Waals surface area contributed by atoms with Gasteiger partial charge in [0, 0.05) is 10.6 Å². The van der Waals surface area contributed by atoms with Crippen molar-refractivity contribution in [1.82, 2.24) is 0 Å². The lowest BCUT2D eigenvalue weighted by Gasteiger charge is -2.14. The fourth-order valence-corrected chi connectivity index (χ4v) is 3.67. The Balaban J connectivity index is 2.09. The molecule has 1 unspecified atom stereocenters. The molecular formula is C17H20N2O3S2. The Kier molecular flexibility index (Phi) is 5.69. The van der Waals surface area contributed by atoms with E-state index in [9.17, 15) is 13.2 Å². The molecule has 1 atom stereocenters. The maximum Gasteiger partial charge on any atom is 0.238 e. The van der Waals surface area contributed by atoms with Crippen molar-refractivity contribution >= 4 is 33.4 Å². The summed E-state index contributed by atoms with van der Waals surface area (Å²) in [4.78, 5) is 13.4. The normalized spacial score (nSPS) is 12.7. The van der Waals surface area contributed by atoms with Crippen LogP contribution in [0.4, 0.5) is 5.69 Å². The van der Waals surface area contributed by atoms with Gasteiger partial charge in [-0.05, 0) is 50.6 Å². The Labute approximate surface area is 146 Å². The van der Waals surface area contributed by atoms with Crippen LogP contribution in [0.15, 0.2) is 52.3 Å². The van der Waals surface area contributed by atoms with E-state index < -0.39 is 10.0 Å². The Morgan fingerprint density at radius 3 is 2.50 bits per heavy atom. The van der Waals surface area contributed by atoms with Crippen molar-refractivity contribution in [2.75, 3.05) is 5.32 Å². The van der Waals surface area contributed by atoms with E-state index in [0.29, 0.717) is 5.69 Å². The van der Waals surface area contributed by atoms with E-state index in [-0.39, 0.29) is 16.1 Å². The smallest absolute Gasteiger partial charge is 0.238 e. The van der Waals surface area contributed by atoms with Crippen LogP contribution in [-0.4, -0.2) is 19.6 Å².